The quantitative estimate of drug-likeness (QED) is 0.861. The van der Waals surface area contributed by atoms with Gasteiger partial charge in [-0.2, -0.15) is 0 Å². The Morgan fingerprint density at radius 2 is 1.96 bits per heavy atom. The first-order valence-corrected chi connectivity index (χ1v) is 8.28. The summed E-state index contributed by atoms with van der Waals surface area (Å²) in [5.74, 6) is -1.03. The van der Waals surface area contributed by atoms with E-state index >= 15 is 0 Å². The molecule has 2 saturated heterocycles. The molecule has 3 heterocycles. The van der Waals surface area contributed by atoms with E-state index in [1.807, 2.05) is 12.3 Å². The fourth-order valence-corrected chi connectivity index (χ4v) is 4.00. The maximum Gasteiger partial charge on any atom is 0.126 e. The number of ether oxygens (including phenoxy) is 1. The highest BCUT2D eigenvalue weighted by Crippen LogP contribution is 2.42. The van der Waals surface area contributed by atoms with Crippen molar-refractivity contribution < 1.29 is 13.5 Å². The van der Waals surface area contributed by atoms with Crippen molar-refractivity contribution in [2.45, 2.75) is 25.5 Å². The van der Waals surface area contributed by atoms with Gasteiger partial charge < -0.3 is 4.74 Å². The first-order valence-electron chi connectivity index (χ1n) is 8.28. The molecular weight excluding hydrogens is 310 g/mol. The largest absolute Gasteiger partial charge is 0.377 e. The van der Waals surface area contributed by atoms with Crippen molar-refractivity contribution in [3.05, 3.63) is 65.5 Å². The molecule has 1 atom stereocenters. The number of aromatic nitrogens is 1. The molecule has 0 N–H and O–H groups in total. The van der Waals surface area contributed by atoms with Crippen LogP contribution >= 0.6 is 0 Å². The molecule has 126 valence electrons. The van der Waals surface area contributed by atoms with Crippen LogP contribution in [0.15, 0.2) is 42.7 Å². The zero-order chi connectivity index (χ0) is 16.6. The lowest BCUT2D eigenvalue weighted by molar-refractivity contribution is -0.0141. The first kappa shape index (κ1) is 15.7. The third kappa shape index (κ3) is 3.32. The fraction of sp³-hybridized carbons (Fsp3) is 0.421. The number of nitrogens with zero attached hydrogens (tertiary/aromatic N) is 2. The van der Waals surface area contributed by atoms with E-state index in [2.05, 4.69) is 16.0 Å². The summed E-state index contributed by atoms with van der Waals surface area (Å²) in [6, 6.07) is 7.75. The predicted octanol–water partition coefficient (Wildman–Crippen LogP) is 3.19. The molecule has 0 aliphatic carbocycles. The molecule has 0 radical (unpaired) electrons. The van der Waals surface area contributed by atoms with Crippen molar-refractivity contribution in [2.24, 2.45) is 5.41 Å². The fourth-order valence-electron chi connectivity index (χ4n) is 4.00. The van der Waals surface area contributed by atoms with Gasteiger partial charge in [-0.25, -0.2) is 8.78 Å². The van der Waals surface area contributed by atoms with Crippen LogP contribution in [-0.4, -0.2) is 35.7 Å². The van der Waals surface area contributed by atoms with Gasteiger partial charge in [-0.05, 0) is 35.7 Å². The van der Waals surface area contributed by atoms with Crippen molar-refractivity contribution in [1.82, 2.24) is 9.88 Å². The Hall–Kier alpha value is -1.85. The van der Waals surface area contributed by atoms with E-state index in [9.17, 15) is 8.78 Å². The predicted molar refractivity (Wildman–Crippen MR) is 86.4 cm³/mol. The van der Waals surface area contributed by atoms with Crippen molar-refractivity contribution in [3.8, 4) is 0 Å². The van der Waals surface area contributed by atoms with Crippen LogP contribution in [-0.2, 0) is 17.7 Å². The van der Waals surface area contributed by atoms with E-state index < -0.39 is 11.6 Å². The summed E-state index contributed by atoms with van der Waals surface area (Å²) in [5.41, 5.74) is 2.10. The molecule has 4 rings (SSSR count). The van der Waals surface area contributed by atoms with Gasteiger partial charge in [0.25, 0.3) is 0 Å². The maximum atomic E-state index is 13.3. The van der Waals surface area contributed by atoms with E-state index in [0.29, 0.717) is 12.1 Å². The van der Waals surface area contributed by atoms with Gasteiger partial charge in [-0.3, -0.25) is 9.88 Å². The Balaban J connectivity index is 1.31. The summed E-state index contributed by atoms with van der Waals surface area (Å²) in [5, 5.41) is 0. The van der Waals surface area contributed by atoms with Gasteiger partial charge in [0, 0.05) is 49.9 Å². The molecule has 2 fully saturated rings. The topological polar surface area (TPSA) is 25.4 Å². The minimum Gasteiger partial charge on any atom is -0.377 e. The van der Waals surface area contributed by atoms with Crippen LogP contribution in [0.1, 0.15) is 17.5 Å². The van der Waals surface area contributed by atoms with Crippen molar-refractivity contribution in [3.63, 3.8) is 0 Å². The molecule has 0 unspecified atom stereocenters. The Morgan fingerprint density at radius 3 is 2.67 bits per heavy atom. The highest BCUT2D eigenvalue weighted by molar-refractivity contribution is 5.19. The summed E-state index contributed by atoms with van der Waals surface area (Å²) in [6.07, 6.45) is 5.84. The molecule has 0 saturated carbocycles. The van der Waals surface area contributed by atoms with Crippen molar-refractivity contribution in [2.75, 3.05) is 19.7 Å². The van der Waals surface area contributed by atoms with E-state index in [-0.39, 0.29) is 11.5 Å². The molecule has 2 aliphatic heterocycles. The Bertz CT molecular complexity index is 696. The summed E-state index contributed by atoms with van der Waals surface area (Å²) in [7, 11) is 0. The third-order valence-electron chi connectivity index (χ3n) is 4.92. The lowest BCUT2D eigenvalue weighted by Crippen LogP contribution is -2.56. The Kier molecular flexibility index (Phi) is 4.06. The molecular formula is C19H20F2N2O. The minimum absolute atomic E-state index is 0.207. The lowest BCUT2D eigenvalue weighted by atomic mass is 9.77. The number of pyridine rings is 1. The molecule has 24 heavy (non-hydrogen) atoms. The van der Waals surface area contributed by atoms with Crippen molar-refractivity contribution in [1.29, 1.82) is 0 Å². The number of benzene rings is 1. The zero-order valence-electron chi connectivity index (χ0n) is 13.4. The zero-order valence-corrected chi connectivity index (χ0v) is 13.4. The summed E-state index contributed by atoms with van der Waals surface area (Å²) in [6.45, 7) is 3.21. The van der Waals surface area contributed by atoms with Gasteiger partial charge in [-0.15, -0.1) is 0 Å². The monoisotopic (exact) mass is 330 g/mol. The molecule has 5 heteroatoms. The van der Waals surface area contributed by atoms with E-state index in [1.54, 1.807) is 6.20 Å². The van der Waals surface area contributed by atoms with E-state index in [0.717, 1.165) is 38.6 Å². The van der Waals surface area contributed by atoms with Crippen molar-refractivity contribution >= 4 is 0 Å². The number of hydrogen-bond donors (Lipinski definition) is 0. The summed E-state index contributed by atoms with van der Waals surface area (Å²) < 4.78 is 32.5. The highest BCUT2D eigenvalue weighted by Gasteiger charge is 2.48. The normalized spacial score (nSPS) is 22.7. The van der Waals surface area contributed by atoms with Crippen LogP contribution < -0.4 is 0 Å². The molecule has 3 nitrogen and oxygen atoms in total. The lowest BCUT2D eigenvalue weighted by Gasteiger charge is -2.47. The van der Waals surface area contributed by atoms with Gasteiger partial charge in [0.15, 0.2) is 0 Å². The standard InChI is InChI=1S/C19H20F2N2O/c20-16-4-15(5-17(21)7-16)10-23-11-19(12-23)8-18(24-13-19)6-14-2-1-3-22-9-14/h1-5,7,9,18H,6,8,10-13H2/t18-/m1/s1. The van der Waals surface area contributed by atoms with Gasteiger partial charge in [-0.1, -0.05) is 6.07 Å². The number of rotatable bonds is 4. The third-order valence-corrected chi connectivity index (χ3v) is 4.92. The van der Waals surface area contributed by atoms with Crippen LogP contribution in [0.2, 0.25) is 0 Å². The van der Waals surface area contributed by atoms with Crippen LogP contribution in [0.4, 0.5) is 8.78 Å². The van der Waals surface area contributed by atoms with E-state index in [1.165, 1.54) is 17.7 Å². The number of likely N-dealkylation sites (tertiary alicyclic amines) is 1. The molecule has 2 aliphatic rings. The van der Waals surface area contributed by atoms with Crippen LogP contribution in [0.5, 0.6) is 0 Å². The molecule has 2 aromatic rings. The van der Waals surface area contributed by atoms with E-state index in [4.69, 9.17) is 4.74 Å². The summed E-state index contributed by atoms with van der Waals surface area (Å²) in [4.78, 5) is 6.37. The molecule has 0 amide bonds. The second-order valence-corrected chi connectivity index (χ2v) is 7.13. The molecule has 1 aromatic heterocycles. The molecule has 1 aromatic carbocycles. The summed E-state index contributed by atoms with van der Waals surface area (Å²) >= 11 is 0. The average molecular weight is 330 g/mol. The Morgan fingerprint density at radius 1 is 1.17 bits per heavy atom. The van der Waals surface area contributed by atoms with Gasteiger partial charge in [0.05, 0.1) is 12.7 Å². The number of halogens is 2. The van der Waals surface area contributed by atoms with Gasteiger partial charge in [0.2, 0.25) is 0 Å². The van der Waals surface area contributed by atoms with Gasteiger partial charge in [0.1, 0.15) is 11.6 Å². The molecule has 0 bridgehead atoms. The second-order valence-electron chi connectivity index (χ2n) is 7.13. The second kappa shape index (κ2) is 6.22. The average Bonchev–Trinajstić information content (AvgIpc) is 2.91. The SMILES string of the molecule is Fc1cc(F)cc(CN2CC3(CO[C@H](Cc4cccnc4)C3)C2)c1. The van der Waals surface area contributed by atoms with Gasteiger partial charge >= 0.3 is 0 Å². The minimum atomic E-state index is -0.513. The molecule has 1 spiro atoms. The van der Waals surface area contributed by atoms with Crippen LogP contribution in [0.25, 0.3) is 0 Å². The Labute approximate surface area is 140 Å². The smallest absolute Gasteiger partial charge is 0.126 e. The highest BCUT2D eigenvalue weighted by atomic mass is 19.1. The van der Waals surface area contributed by atoms with Crippen LogP contribution in [0, 0.1) is 17.0 Å². The number of hydrogen-bond acceptors (Lipinski definition) is 3. The first-order chi connectivity index (χ1) is 11.6. The maximum absolute atomic E-state index is 13.3. The van der Waals surface area contributed by atoms with Crippen LogP contribution in [0.3, 0.4) is 0 Å².